The first-order valence-corrected chi connectivity index (χ1v) is 7.21. The van der Waals surface area contributed by atoms with Crippen molar-refractivity contribution >= 4 is 12.1 Å². The van der Waals surface area contributed by atoms with E-state index in [1.807, 2.05) is 37.3 Å². The fourth-order valence-corrected chi connectivity index (χ4v) is 2.12. The van der Waals surface area contributed by atoms with Crippen molar-refractivity contribution in [2.75, 3.05) is 21.3 Å². The molecule has 0 unspecified atom stereocenters. The number of alkyl carbamates (subject to hydrolysis) is 1. The Morgan fingerprint density at radius 1 is 1.04 bits per heavy atom. The van der Waals surface area contributed by atoms with E-state index in [-0.39, 0.29) is 12.0 Å². The third-order valence-electron chi connectivity index (χ3n) is 3.42. The number of benzene rings is 1. The fourth-order valence-electron chi connectivity index (χ4n) is 2.12. The molecule has 0 heterocycles. The third-order valence-corrected chi connectivity index (χ3v) is 3.42. The van der Waals surface area contributed by atoms with Crippen molar-refractivity contribution in [3.63, 3.8) is 0 Å². The molecule has 0 spiro atoms. The second-order valence-corrected chi connectivity index (χ2v) is 4.95. The van der Waals surface area contributed by atoms with E-state index >= 15 is 0 Å². The van der Waals surface area contributed by atoms with Gasteiger partial charge in [0, 0.05) is 7.11 Å². The molecule has 6 heteroatoms. The summed E-state index contributed by atoms with van der Waals surface area (Å²) in [4.78, 5) is 23.1. The lowest BCUT2D eigenvalue weighted by Crippen LogP contribution is -2.32. The minimum Gasteiger partial charge on any atom is -0.467 e. The normalized spacial score (nSPS) is 14.8. The molecule has 1 aromatic rings. The van der Waals surface area contributed by atoms with Crippen LogP contribution in [0.5, 0.6) is 0 Å². The van der Waals surface area contributed by atoms with Gasteiger partial charge in [-0.3, -0.25) is 0 Å². The van der Waals surface area contributed by atoms with Crippen LogP contribution in [0.3, 0.4) is 0 Å². The van der Waals surface area contributed by atoms with Crippen LogP contribution >= 0.6 is 0 Å². The van der Waals surface area contributed by atoms with Crippen molar-refractivity contribution in [1.29, 1.82) is 0 Å². The van der Waals surface area contributed by atoms with Crippen LogP contribution in [0, 0.1) is 5.92 Å². The van der Waals surface area contributed by atoms with Crippen LogP contribution < -0.4 is 5.32 Å². The molecule has 1 aromatic carbocycles. The number of hydrogen-bond acceptors (Lipinski definition) is 5. The number of carbonyl (C=O) groups is 2. The van der Waals surface area contributed by atoms with Gasteiger partial charge in [-0.2, -0.15) is 0 Å². The van der Waals surface area contributed by atoms with Gasteiger partial charge in [-0.25, -0.2) is 9.59 Å². The van der Waals surface area contributed by atoms with Gasteiger partial charge < -0.3 is 19.5 Å². The van der Waals surface area contributed by atoms with Gasteiger partial charge in [0.2, 0.25) is 0 Å². The number of carbonyl (C=O) groups excluding carboxylic acids is 2. The summed E-state index contributed by atoms with van der Waals surface area (Å²) in [6.45, 7) is 1.92. The maximum atomic E-state index is 11.6. The van der Waals surface area contributed by atoms with E-state index < -0.39 is 18.2 Å². The number of esters is 1. The Balaban J connectivity index is 2.93. The molecule has 6 nitrogen and oxygen atoms in total. The van der Waals surface area contributed by atoms with Crippen LogP contribution in [0.2, 0.25) is 0 Å². The average Bonchev–Trinajstić information content (AvgIpc) is 2.59. The summed E-state index contributed by atoms with van der Waals surface area (Å²) in [5.41, 5.74) is 0.932. The van der Waals surface area contributed by atoms with Gasteiger partial charge in [0.05, 0.1) is 20.3 Å². The Labute approximate surface area is 136 Å². The monoisotopic (exact) mass is 321 g/mol. The topological polar surface area (TPSA) is 73.9 Å². The first-order chi connectivity index (χ1) is 11.0. The number of rotatable bonds is 7. The van der Waals surface area contributed by atoms with E-state index in [9.17, 15) is 9.59 Å². The predicted molar refractivity (Wildman–Crippen MR) is 85.8 cm³/mol. The van der Waals surface area contributed by atoms with E-state index in [1.54, 1.807) is 12.2 Å². The van der Waals surface area contributed by atoms with Crippen LogP contribution in [-0.2, 0) is 19.0 Å². The number of amides is 1. The molecule has 0 aliphatic heterocycles. The molecule has 0 radical (unpaired) electrons. The summed E-state index contributed by atoms with van der Waals surface area (Å²) >= 11 is 0. The quantitative estimate of drug-likeness (QED) is 0.617. The number of methoxy groups -OCH3 is 3. The summed E-state index contributed by atoms with van der Waals surface area (Å²) in [7, 11) is 4.05. The van der Waals surface area contributed by atoms with Crippen molar-refractivity contribution < 1.29 is 23.8 Å². The Morgan fingerprint density at radius 3 is 2.22 bits per heavy atom. The van der Waals surface area contributed by atoms with Crippen molar-refractivity contribution in [2.24, 2.45) is 5.92 Å². The highest BCUT2D eigenvalue weighted by Crippen LogP contribution is 2.23. The molecule has 1 amide bonds. The van der Waals surface area contributed by atoms with E-state index in [0.717, 1.165) is 5.56 Å². The lowest BCUT2D eigenvalue weighted by molar-refractivity contribution is -0.149. The van der Waals surface area contributed by atoms with Crippen LogP contribution in [0.4, 0.5) is 4.79 Å². The second-order valence-electron chi connectivity index (χ2n) is 4.95. The SMILES string of the molecule is COC(=O)N[C@@H](c1ccccc1)[C@@H](C)C=C[C@H](OC)C(=O)OC. The second kappa shape index (κ2) is 9.63. The lowest BCUT2D eigenvalue weighted by atomic mass is 9.94. The first-order valence-electron chi connectivity index (χ1n) is 7.21. The van der Waals surface area contributed by atoms with Crippen molar-refractivity contribution in [3.8, 4) is 0 Å². The van der Waals surface area contributed by atoms with Gasteiger partial charge in [-0.1, -0.05) is 43.3 Å². The summed E-state index contributed by atoms with van der Waals surface area (Å²) in [5.74, 6) is -0.577. The number of ether oxygens (including phenoxy) is 3. The molecule has 126 valence electrons. The molecular weight excluding hydrogens is 298 g/mol. The largest absolute Gasteiger partial charge is 0.467 e. The van der Waals surface area contributed by atoms with Crippen LogP contribution in [0.15, 0.2) is 42.5 Å². The molecule has 0 aliphatic carbocycles. The first kappa shape index (κ1) is 18.7. The summed E-state index contributed by atoms with van der Waals surface area (Å²) in [5, 5.41) is 2.80. The number of nitrogens with one attached hydrogen (secondary N) is 1. The highest BCUT2D eigenvalue weighted by atomic mass is 16.6. The van der Waals surface area contributed by atoms with Gasteiger partial charge >= 0.3 is 12.1 Å². The van der Waals surface area contributed by atoms with Gasteiger partial charge in [0.15, 0.2) is 6.10 Å². The Kier molecular flexibility index (Phi) is 7.83. The summed E-state index contributed by atoms with van der Waals surface area (Å²) in [6.07, 6.45) is 2.12. The van der Waals surface area contributed by atoms with Crippen LogP contribution in [0.25, 0.3) is 0 Å². The Bertz CT molecular complexity index is 529. The fraction of sp³-hybridized carbons (Fsp3) is 0.412. The third kappa shape index (κ3) is 5.75. The van der Waals surface area contributed by atoms with E-state index in [4.69, 9.17) is 4.74 Å². The highest BCUT2D eigenvalue weighted by Gasteiger charge is 2.21. The molecule has 0 aliphatic rings. The molecule has 23 heavy (non-hydrogen) atoms. The smallest absolute Gasteiger partial charge is 0.407 e. The van der Waals surface area contributed by atoms with Gasteiger partial charge in [0.25, 0.3) is 0 Å². The van der Waals surface area contributed by atoms with Gasteiger partial charge in [-0.15, -0.1) is 0 Å². The molecule has 0 saturated carbocycles. The highest BCUT2D eigenvalue weighted by molar-refractivity contribution is 5.76. The molecule has 1 rings (SSSR count). The summed E-state index contributed by atoms with van der Waals surface area (Å²) in [6, 6.07) is 9.22. The van der Waals surface area contributed by atoms with Crippen molar-refractivity contribution in [2.45, 2.75) is 19.1 Å². The number of hydrogen-bond donors (Lipinski definition) is 1. The van der Waals surface area contributed by atoms with Gasteiger partial charge in [0.1, 0.15) is 0 Å². The van der Waals surface area contributed by atoms with E-state index in [1.165, 1.54) is 21.3 Å². The molecule has 0 aromatic heterocycles. The standard InChI is InChI=1S/C17H23NO5/c1-12(10-11-14(21-2)16(19)22-3)15(18-17(20)23-4)13-8-6-5-7-9-13/h5-12,14-15H,1-4H3,(H,18,20)/t12-,14-,15+/m0/s1. The van der Waals surface area contributed by atoms with E-state index in [2.05, 4.69) is 14.8 Å². The average molecular weight is 321 g/mol. The minimum absolute atomic E-state index is 0.0983. The van der Waals surface area contributed by atoms with Crippen LogP contribution in [0.1, 0.15) is 18.5 Å². The maximum Gasteiger partial charge on any atom is 0.407 e. The molecule has 0 bridgehead atoms. The zero-order valence-corrected chi connectivity index (χ0v) is 13.8. The van der Waals surface area contributed by atoms with E-state index in [0.29, 0.717) is 0 Å². The molecule has 1 N–H and O–H groups in total. The predicted octanol–water partition coefficient (Wildman–Crippen LogP) is 2.46. The van der Waals surface area contributed by atoms with Crippen LogP contribution in [-0.4, -0.2) is 39.5 Å². The Hall–Kier alpha value is -2.34. The van der Waals surface area contributed by atoms with Crippen molar-refractivity contribution in [1.82, 2.24) is 5.32 Å². The van der Waals surface area contributed by atoms with Gasteiger partial charge in [-0.05, 0) is 17.6 Å². The Morgan fingerprint density at radius 2 is 1.70 bits per heavy atom. The molecular formula is C17H23NO5. The molecule has 0 saturated heterocycles. The maximum absolute atomic E-state index is 11.6. The molecule has 3 atom stereocenters. The van der Waals surface area contributed by atoms with Crippen molar-refractivity contribution in [3.05, 3.63) is 48.0 Å². The zero-order valence-electron chi connectivity index (χ0n) is 13.8. The molecule has 0 fully saturated rings. The zero-order chi connectivity index (χ0) is 17.2. The summed E-state index contributed by atoms with van der Waals surface area (Å²) < 4.78 is 14.4. The minimum atomic E-state index is -0.781. The lowest BCUT2D eigenvalue weighted by Gasteiger charge is -2.23.